The molecule has 2 N–H and O–H groups in total. The number of nitrogens with two attached hydrogens (primary N) is 1. The largest absolute Gasteiger partial charge is 0.328 e. The Labute approximate surface area is 66.2 Å². The van der Waals surface area contributed by atoms with Gasteiger partial charge in [0.15, 0.2) is 0 Å². The lowest BCUT2D eigenvalue weighted by atomic mass is 9.79. The molecular weight excluding hydrogens is 138 g/mol. The van der Waals surface area contributed by atoms with Gasteiger partial charge in [0, 0.05) is 25.2 Å². The molecule has 2 rings (SSSR count). The smallest absolute Gasteiger partial charge is 0.0656 e. The van der Waals surface area contributed by atoms with Crippen LogP contribution in [0.2, 0.25) is 0 Å². The highest BCUT2D eigenvalue weighted by Gasteiger charge is 2.28. The summed E-state index contributed by atoms with van der Waals surface area (Å²) in [6.07, 6.45) is 4.20. The molecule has 3 heteroatoms. The maximum Gasteiger partial charge on any atom is 0.0656 e. The quantitative estimate of drug-likeness (QED) is 0.639. The first-order valence-corrected chi connectivity index (χ1v) is 4.01. The first kappa shape index (κ1) is 6.85. The molecule has 1 heterocycles. The van der Waals surface area contributed by atoms with Crippen LogP contribution in [0.3, 0.4) is 0 Å². The first-order chi connectivity index (χ1) is 5.25. The fourth-order valence-corrected chi connectivity index (χ4v) is 1.55. The normalized spacial score (nSPS) is 30.0. The van der Waals surface area contributed by atoms with E-state index in [4.69, 9.17) is 5.73 Å². The number of hydrogen-bond donors (Lipinski definition) is 1. The van der Waals surface area contributed by atoms with Crippen molar-refractivity contribution >= 4 is 0 Å². The van der Waals surface area contributed by atoms with Gasteiger partial charge in [-0.15, -0.1) is 0 Å². The molecule has 0 unspecified atom stereocenters. The molecule has 0 saturated heterocycles. The van der Waals surface area contributed by atoms with Crippen LogP contribution in [0.5, 0.6) is 0 Å². The number of nitrogens with zero attached hydrogens (tertiary/aromatic N) is 2. The van der Waals surface area contributed by atoms with Crippen LogP contribution >= 0.6 is 0 Å². The maximum absolute atomic E-state index is 5.68. The number of aryl methyl sites for hydroxylation is 1. The molecule has 0 atom stereocenters. The predicted molar refractivity (Wildman–Crippen MR) is 43.2 cm³/mol. The van der Waals surface area contributed by atoms with Crippen molar-refractivity contribution in [3.8, 4) is 0 Å². The van der Waals surface area contributed by atoms with Crippen molar-refractivity contribution in [3.63, 3.8) is 0 Å². The number of hydrogen-bond acceptors (Lipinski definition) is 2. The zero-order valence-corrected chi connectivity index (χ0v) is 6.70. The fourth-order valence-electron chi connectivity index (χ4n) is 1.55. The summed E-state index contributed by atoms with van der Waals surface area (Å²) in [5.74, 6) is 0.631. The third-order valence-electron chi connectivity index (χ3n) is 2.33. The third kappa shape index (κ3) is 1.16. The molecule has 60 valence electrons. The van der Waals surface area contributed by atoms with Crippen molar-refractivity contribution < 1.29 is 0 Å². The minimum atomic E-state index is 0.419. The van der Waals surface area contributed by atoms with E-state index in [0.29, 0.717) is 12.0 Å². The van der Waals surface area contributed by atoms with E-state index in [1.807, 2.05) is 17.9 Å². The molecule has 0 amide bonds. The van der Waals surface area contributed by atoms with E-state index in [2.05, 4.69) is 11.2 Å². The van der Waals surface area contributed by atoms with Gasteiger partial charge < -0.3 is 5.73 Å². The van der Waals surface area contributed by atoms with Gasteiger partial charge in [-0.25, -0.2) is 0 Å². The minimum absolute atomic E-state index is 0.419. The molecule has 1 fully saturated rings. The lowest BCUT2D eigenvalue weighted by molar-refractivity contribution is 0.343. The Balaban J connectivity index is 2.07. The highest BCUT2D eigenvalue weighted by Crippen LogP contribution is 2.34. The topological polar surface area (TPSA) is 43.8 Å². The van der Waals surface area contributed by atoms with Crippen LogP contribution in [-0.2, 0) is 7.05 Å². The first-order valence-electron chi connectivity index (χ1n) is 4.01. The molecule has 0 aromatic carbocycles. The maximum atomic E-state index is 5.68. The van der Waals surface area contributed by atoms with Crippen molar-refractivity contribution in [2.24, 2.45) is 12.8 Å². The van der Waals surface area contributed by atoms with E-state index in [0.717, 1.165) is 12.8 Å². The summed E-state index contributed by atoms with van der Waals surface area (Å²) in [5.41, 5.74) is 6.88. The highest BCUT2D eigenvalue weighted by molar-refractivity contribution is 5.11. The van der Waals surface area contributed by atoms with Crippen LogP contribution in [0.4, 0.5) is 0 Å². The molecule has 1 aromatic heterocycles. The summed E-state index contributed by atoms with van der Waals surface area (Å²) < 4.78 is 1.85. The summed E-state index contributed by atoms with van der Waals surface area (Å²) in [6, 6.07) is 2.50. The SMILES string of the molecule is Cn1ccc(C2CC(N)C2)n1. The summed E-state index contributed by atoms with van der Waals surface area (Å²) in [4.78, 5) is 0. The second kappa shape index (κ2) is 2.34. The van der Waals surface area contributed by atoms with Gasteiger partial charge in [-0.05, 0) is 18.9 Å². The molecule has 1 aliphatic rings. The molecule has 0 aliphatic heterocycles. The molecule has 11 heavy (non-hydrogen) atoms. The molecule has 0 bridgehead atoms. The van der Waals surface area contributed by atoms with Gasteiger partial charge in [0.2, 0.25) is 0 Å². The predicted octanol–water partition coefficient (Wildman–Crippen LogP) is 0.625. The van der Waals surface area contributed by atoms with E-state index in [1.54, 1.807) is 0 Å². The van der Waals surface area contributed by atoms with E-state index < -0.39 is 0 Å². The lowest BCUT2D eigenvalue weighted by Gasteiger charge is -2.30. The van der Waals surface area contributed by atoms with Gasteiger partial charge in [0.05, 0.1) is 5.69 Å². The fraction of sp³-hybridized carbons (Fsp3) is 0.625. The van der Waals surface area contributed by atoms with Gasteiger partial charge in [-0.1, -0.05) is 0 Å². The van der Waals surface area contributed by atoms with E-state index in [1.165, 1.54) is 5.69 Å². The second-order valence-corrected chi connectivity index (χ2v) is 3.34. The monoisotopic (exact) mass is 151 g/mol. The number of aromatic nitrogens is 2. The Morgan fingerprint density at radius 3 is 2.82 bits per heavy atom. The van der Waals surface area contributed by atoms with Crippen molar-refractivity contribution in [1.82, 2.24) is 9.78 Å². The summed E-state index contributed by atoms with van der Waals surface area (Å²) in [7, 11) is 1.95. The minimum Gasteiger partial charge on any atom is -0.328 e. The van der Waals surface area contributed by atoms with Crippen LogP contribution in [0.15, 0.2) is 12.3 Å². The standard InChI is InChI=1S/C8H13N3/c1-11-3-2-8(10-11)6-4-7(9)5-6/h2-3,6-7H,4-5,9H2,1H3. The molecule has 1 aromatic rings. The van der Waals surface area contributed by atoms with Gasteiger partial charge in [-0.2, -0.15) is 5.10 Å². The summed E-state index contributed by atoms with van der Waals surface area (Å²) in [5, 5.41) is 4.33. The molecule has 0 radical (unpaired) electrons. The van der Waals surface area contributed by atoms with Crippen molar-refractivity contribution in [2.45, 2.75) is 24.8 Å². The Morgan fingerprint density at radius 1 is 1.64 bits per heavy atom. The summed E-state index contributed by atoms with van der Waals surface area (Å²) >= 11 is 0. The average molecular weight is 151 g/mol. The van der Waals surface area contributed by atoms with Crippen LogP contribution in [0.25, 0.3) is 0 Å². The Kier molecular flexibility index (Phi) is 1.46. The van der Waals surface area contributed by atoms with Gasteiger partial charge in [-0.3, -0.25) is 4.68 Å². The van der Waals surface area contributed by atoms with Crippen molar-refractivity contribution in [1.29, 1.82) is 0 Å². The number of rotatable bonds is 1. The molecule has 3 nitrogen and oxygen atoms in total. The van der Waals surface area contributed by atoms with E-state index >= 15 is 0 Å². The van der Waals surface area contributed by atoms with E-state index in [-0.39, 0.29) is 0 Å². The van der Waals surface area contributed by atoms with Crippen LogP contribution < -0.4 is 5.73 Å². The van der Waals surface area contributed by atoms with Crippen LogP contribution in [0.1, 0.15) is 24.5 Å². The van der Waals surface area contributed by atoms with Gasteiger partial charge in [0.25, 0.3) is 0 Å². The van der Waals surface area contributed by atoms with Crippen LogP contribution in [0, 0.1) is 0 Å². The van der Waals surface area contributed by atoms with Gasteiger partial charge >= 0.3 is 0 Å². The second-order valence-electron chi connectivity index (χ2n) is 3.34. The Bertz CT molecular complexity index is 248. The van der Waals surface area contributed by atoms with E-state index in [9.17, 15) is 0 Å². The Morgan fingerprint density at radius 2 is 2.36 bits per heavy atom. The third-order valence-corrected chi connectivity index (χ3v) is 2.33. The zero-order chi connectivity index (χ0) is 7.84. The van der Waals surface area contributed by atoms with Crippen molar-refractivity contribution in [2.75, 3.05) is 0 Å². The lowest BCUT2D eigenvalue weighted by Crippen LogP contribution is -2.34. The molecule has 0 spiro atoms. The summed E-state index contributed by atoms with van der Waals surface area (Å²) in [6.45, 7) is 0. The van der Waals surface area contributed by atoms with Gasteiger partial charge in [0.1, 0.15) is 0 Å². The molecule has 1 aliphatic carbocycles. The highest BCUT2D eigenvalue weighted by atomic mass is 15.2. The Hall–Kier alpha value is -0.830. The molecule has 1 saturated carbocycles. The zero-order valence-electron chi connectivity index (χ0n) is 6.70. The van der Waals surface area contributed by atoms with Crippen molar-refractivity contribution in [3.05, 3.63) is 18.0 Å². The van der Waals surface area contributed by atoms with Crippen LogP contribution in [-0.4, -0.2) is 15.8 Å². The molecular formula is C8H13N3. The average Bonchev–Trinajstić information content (AvgIpc) is 2.29.